The van der Waals surface area contributed by atoms with Crippen LogP contribution in [0.2, 0.25) is 0 Å². The van der Waals surface area contributed by atoms with E-state index in [0.29, 0.717) is 12.5 Å². The summed E-state index contributed by atoms with van der Waals surface area (Å²) in [6.45, 7) is 5.49. The first-order valence-electron chi connectivity index (χ1n) is 6.27. The number of rotatable bonds is 5. The lowest BCUT2D eigenvalue weighted by molar-refractivity contribution is 0.379. The fourth-order valence-corrected chi connectivity index (χ4v) is 1.69. The van der Waals surface area contributed by atoms with Gasteiger partial charge in [-0.25, -0.2) is 4.98 Å². The van der Waals surface area contributed by atoms with E-state index in [0.717, 1.165) is 23.8 Å². The van der Waals surface area contributed by atoms with E-state index in [9.17, 15) is 0 Å². The van der Waals surface area contributed by atoms with Crippen molar-refractivity contribution < 1.29 is 4.52 Å². The van der Waals surface area contributed by atoms with Crippen molar-refractivity contribution in [3.05, 3.63) is 29.8 Å². The zero-order chi connectivity index (χ0) is 13.8. The van der Waals surface area contributed by atoms with E-state index < -0.39 is 0 Å². The molecule has 2 rings (SSSR count). The molecular weight excluding hydrogens is 242 g/mol. The normalized spacial score (nSPS) is 10.5. The van der Waals surface area contributed by atoms with Crippen molar-refractivity contribution in [2.45, 2.75) is 20.4 Å². The van der Waals surface area contributed by atoms with Crippen molar-refractivity contribution in [3.63, 3.8) is 0 Å². The average molecular weight is 261 g/mol. The third-order valence-corrected chi connectivity index (χ3v) is 2.90. The number of anilines is 2. The van der Waals surface area contributed by atoms with Crippen LogP contribution in [0.3, 0.4) is 0 Å². The molecule has 2 aromatic heterocycles. The van der Waals surface area contributed by atoms with Crippen LogP contribution >= 0.6 is 0 Å². The monoisotopic (exact) mass is 261 g/mol. The van der Waals surface area contributed by atoms with Gasteiger partial charge in [0.05, 0.1) is 12.2 Å². The smallest absolute Gasteiger partial charge is 0.227 e. The number of hydrogen-bond donors (Lipinski definition) is 0. The van der Waals surface area contributed by atoms with E-state index >= 15 is 0 Å². The first-order chi connectivity index (χ1) is 9.10. The van der Waals surface area contributed by atoms with Gasteiger partial charge in [0.1, 0.15) is 5.82 Å². The summed E-state index contributed by atoms with van der Waals surface area (Å²) in [6, 6.07) is 3.82. The summed E-state index contributed by atoms with van der Waals surface area (Å²) in [6.07, 6.45) is 1.77. The fourth-order valence-electron chi connectivity index (χ4n) is 1.69. The molecule has 2 aromatic rings. The molecule has 0 N–H and O–H groups in total. The lowest BCUT2D eigenvalue weighted by atomic mass is 10.4. The summed E-state index contributed by atoms with van der Waals surface area (Å²) in [7, 11) is 3.94. The van der Waals surface area contributed by atoms with Gasteiger partial charge in [-0.05, 0) is 19.9 Å². The summed E-state index contributed by atoms with van der Waals surface area (Å²) < 4.78 is 5.20. The van der Waals surface area contributed by atoms with Gasteiger partial charge in [-0.1, -0.05) is 5.16 Å². The Kier molecular flexibility index (Phi) is 3.99. The van der Waals surface area contributed by atoms with Crippen molar-refractivity contribution in [1.82, 2.24) is 15.1 Å². The molecule has 2 heterocycles. The van der Waals surface area contributed by atoms with Crippen LogP contribution in [0.5, 0.6) is 0 Å². The molecule has 0 saturated carbocycles. The summed E-state index contributed by atoms with van der Waals surface area (Å²) in [5.74, 6) is 2.39. The van der Waals surface area contributed by atoms with Gasteiger partial charge in [-0.15, -0.1) is 0 Å². The topological polar surface area (TPSA) is 58.3 Å². The van der Waals surface area contributed by atoms with Crippen LogP contribution in [0.1, 0.15) is 18.4 Å². The zero-order valence-electron chi connectivity index (χ0n) is 11.8. The molecule has 0 unspecified atom stereocenters. The van der Waals surface area contributed by atoms with E-state index in [1.807, 2.05) is 38.1 Å². The molecule has 0 radical (unpaired) electrons. The Morgan fingerprint density at radius 3 is 2.68 bits per heavy atom. The van der Waals surface area contributed by atoms with Gasteiger partial charge in [0, 0.05) is 32.9 Å². The van der Waals surface area contributed by atoms with Gasteiger partial charge in [0.15, 0.2) is 5.76 Å². The Balaban J connectivity index is 2.12. The highest BCUT2D eigenvalue weighted by Gasteiger charge is 2.10. The maximum absolute atomic E-state index is 5.20. The second-order valence-corrected chi connectivity index (χ2v) is 4.52. The molecule has 6 heteroatoms. The molecule has 0 aliphatic carbocycles. The largest absolute Gasteiger partial charge is 0.360 e. The molecule has 0 aromatic carbocycles. The van der Waals surface area contributed by atoms with Crippen LogP contribution < -0.4 is 9.80 Å². The SMILES string of the molecule is CCN(C)c1ccnc(N(C)Cc2cc(C)no2)n1. The second-order valence-electron chi connectivity index (χ2n) is 4.52. The maximum atomic E-state index is 5.20. The van der Waals surface area contributed by atoms with Gasteiger partial charge in [0.2, 0.25) is 5.95 Å². The molecule has 0 atom stereocenters. The Morgan fingerprint density at radius 1 is 1.26 bits per heavy atom. The van der Waals surface area contributed by atoms with Crippen LogP contribution in [0.25, 0.3) is 0 Å². The predicted octanol–water partition coefficient (Wildman–Crippen LogP) is 1.87. The second kappa shape index (κ2) is 5.69. The van der Waals surface area contributed by atoms with E-state index in [-0.39, 0.29) is 0 Å². The minimum absolute atomic E-state index is 0.597. The third-order valence-electron chi connectivity index (χ3n) is 2.90. The molecule has 0 amide bonds. The van der Waals surface area contributed by atoms with Crippen molar-refractivity contribution in [2.24, 2.45) is 0 Å². The highest BCUT2D eigenvalue weighted by atomic mass is 16.5. The number of hydrogen-bond acceptors (Lipinski definition) is 6. The lowest BCUT2D eigenvalue weighted by Gasteiger charge is -2.19. The highest BCUT2D eigenvalue weighted by molar-refractivity contribution is 5.42. The van der Waals surface area contributed by atoms with Gasteiger partial charge >= 0.3 is 0 Å². The van der Waals surface area contributed by atoms with Crippen molar-refractivity contribution in [1.29, 1.82) is 0 Å². The van der Waals surface area contributed by atoms with Crippen LogP contribution in [-0.4, -0.2) is 35.8 Å². The molecule has 0 fully saturated rings. The van der Waals surface area contributed by atoms with E-state index in [4.69, 9.17) is 4.52 Å². The predicted molar refractivity (Wildman–Crippen MR) is 74.3 cm³/mol. The molecular formula is C13H19N5O. The third kappa shape index (κ3) is 3.21. The molecule has 6 nitrogen and oxygen atoms in total. The van der Waals surface area contributed by atoms with Crippen molar-refractivity contribution in [2.75, 3.05) is 30.4 Å². The van der Waals surface area contributed by atoms with Gasteiger partial charge in [-0.2, -0.15) is 4.98 Å². The molecule has 0 saturated heterocycles. The quantitative estimate of drug-likeness (QED) is 0.819. The Bertz CT molecular complexity index is 539. The van der Waals surface area contributed by atoms with Gasteiger partial charge in [-0.3, -0.25) is 0 Å². The Morgan fingerprint density at radius 2 is 2.05 bits per heavy atom. The molecule has 0 bridgehead atoms. The van der Waals surface area contributed by atoms with Crippen molar-refractivity contribution in [3.8, 4) is 0 Å². The number of nitrogens with zero attached hydrogens (tertiary/aromatic N) is 5. The maximum Gasteiger partial charge on any atom is 0.227 e. The number of aromatic nitrogens is 3. The molecule has 19 heavy (non-hydrogen) atoms. The first-order valence-corrected chi connectivity index (χ1v) is 6.27. The summed E-state index contributed by atoms with van der Waals surface area (Å²) in [5.41, 5.74) is 0.879. The Hall–Kier alpha value is -2.11. The minimum atomic E-state index is 0.597. The average Bonchev–Trinajstić information content (AvgIpc) is 2.83. The van der Waals surface area contributed by atoms with Crippen LogP contribution in [-0.2, 0) is 6.54 Å². The highest BCUT2D eigenvalue weighted by Crippen LogP contribution is 2.15. The van der Waals surface area contributed by atoms with Crippen LogP contribution in [0.15, 0.2) is 22.9 Å². The Labute approximate surface area is 113 Å². The molecule has 0 spiro atoms. The summed E-state index contributed by atoms with van der Waals surface area (Å²) in [5, 5.41) is 3.87. The van der Waals surface area contributed by atoms with Crippen molar-refractivity contribution >= 4 is 11.8 Å². The molecule has 0 aliphatic heterocycles. The fraction of sp³-hybridized carbons (Fsp3) is 0.462. The first kappa shape index (κ1) is 13.3. The number of aryl methyl sites for hydroxylation is 1. The van der Waals surface area contributed by atoms with Gasteiger partial charge in [0.25, 0.3) is 0 Å². The molecule has 0 aliphatic rings. The van der Waals surface area contributed by atoms with Crippen LogP contribution in [0.4, 0.5) is 11.8 Å². The zero-order valence-corrected chi connectivity index (χ0v) is 11.8. The van der Waals surface area contributed by atoms with E-state index in [1.165, 1.54) is 0 Å². The van der Waals surface area contributed by atoms with E-state index in [2.05, 4.69) is 26.9 Å². The van der Waals surface area contributed by atoms with Gasteiger partial charge < -0.3 is 14.3 Å². The summed E-state index contributed by atoms with van der Waals surface area (Å²) in [4.78, 5) is 12.8. The minimum Gasteiger partial charge on any atom is -0.360 e. The summed E-state index contributed by atoms with van der Waals surface area (Å²) >= 11 is 0. The van der Waals surface area contributed by atoms with Crippen LogP contribution in [0, 0.1) is 6.92 Å². The molecule has 102 valence electrons. The van der Waals surface area contributed by atoms with E-state index in [1.54, 1.807) is 6.20 Å². The standard InChI is InChI=1S/C13H19N5O/c1-5-17(3)12-6-7-14-13(15-12)18(4)9-11-8-10(2)16-19-11/h6-8H,5,9H2,1-4H3. The lowest BCUT2D eigenvalue weighted by Crippen LogP contribution is -2.22.